The minimum atomic E-state index is 0.0825. The maximum Gasteiger partial charge on any atom is 0.227 e. The Morgan fingerprint density at radius 3 is 2.76 bits per heavy atom. The van der Waals surface area contributed by atoms with Gasteiger partial charge < -0.3 is 14.2 Å². The molecule has 3 aromatic rings. The van der Waals surface area contributed by atoms with Gasteiger partial charge in [0.15, 0.2) is 0 Å². The van der Waals surface area contributed by atoms with Crippen LogP contribution >= 0.6 is 0 Å². The summed E-state index contributed by atoms with van der Waals surface area (Å²) < 4.78 is 7.23. The van der Waals surface area contributed by atoms with Gasteiger partial charge in [-0.15, -0.1) is 0 Å². The molecule has 5 nitrogen and oxygen atoms in total. The number of benzene rings is 1. The number of carbonyl (C=O) groups is 1. The first-order valence-electron chi connectivity index (χ1n) is 8.38. The van der Waals surface area contributed by atoms with E-state index in [1.807, 2.05) is 48.5 Å². The Bertz CT molecular complexity index is 843. The van der Waals surface area contributed by atoms with Crippen molar-refractivity contribution in [2.24, 2.45) is 7.05 Å². The third-order valence-corrected chi connectivity index (χ3v) is 4.32. The summed E-state index contributed by atoms with van der Waals surface area (Å²) in [7, 11) is 3.65. The molecule has 0 radical (unpaired) electrons. The van der Waals surface area contributed by atoms with Crippen molar-refractivity contribution in [3.8, 4) is 0 Å². The van der Waals surface area contributed by atoms with E-state index in [1.54, 1.807) is 13.3 Å². The molecule has 0 aliphatic rings. The minimum absolute atomic E-state index is 0.0825. The standard InChI is InChI=1S/C20H23N3O2/c1-22-14-16(18-8-3-4-9-19(18)22)13-20(24)23(11-12-25-2)15-17-7-5-6-10-21-17/h3-10,14H,11-13,15H2,1-2H3. The van der Waals surface area contributed by atoms with Crippen LogP contribution in [0.3, 0.4) is 0 Å². The second-order valence-corrected chi connectivity index (χ2v) is 6.09. The molecule has 0 saturated heterocycles. The lowest BCUT2D eigenvalue weighted by atomic mass is 10.1. The van der Waals surface area contributed by atoms with Gasteiger partial charge in [-0.1, -0.05) is 24.3 Å². The predicted molar refractivity (Wildman–Crippen MR) is 98.2 cm³/mol. The van der Waals surface area contributed by atoms with Crippen LogP contribution in [0.25, 0.3) is 10.9 Å². The van der Waals surface area contributed by atoms with E-state index >= 15 is 0 Å². The van der Waals surface area contributed by atoms with Crippen LogP contribution in [-0.2, 0) is 29.5 Å². The summed E-state index contributed by atoms with van der Waals surface area (Å²) in [6.45, 7) is 1.55. The van der Waals surface area contributed by atoms with E-state index in [-0.39, 0.29) is 5.91 Å². The number of methoxy groups -OCH3 is 1. The van der Waals surface area contributed by atoms with E-state index in [4.69, 9.17) is 4.74 Å². The molecule has 5 heteroatoms. The Balaban J connectivity index is 1.79. The summed E-state index contributed by atoms with van der Waals surface area (Å²) >= 11 is 0. The van der Waals surface area contributed by atoms with Crippen molar-refractivity contribution in [2.75, 3.05) is 20.3 Å². The van der Waals surface area contributed by atoms with E-state index < -0.39 is 0 Å². The minimum Gasteiger partial charge on any atom is -0.383 e. The average molecular weight is 337 g/mol. The Morgan fingerprint density at radius 2 is 2.00 bits per heavy atom. The fourth-order valence-electron chi connectivity index (χ4n) is 3.02. The highest BCUT2D eigenvalue weighted by molar-refractivity contribution is 5.89. The molecule has 130 valence electrons. The Morgan fingerprint density at radius 1 is 1.20 bits per heavy atom. The van der Waals surface area contributed by atoms with Crippen LogP contribution in [-0.4, -0.2) is 40.6 Å². The Hall–Kier alpha value is -2.66. The lowest BCUT2D eigenvalue weighted by molar-refractivity contribution is -0.131. The van der Waals surface area contributed by atoms with E-state index in [0.717, 1.165) is 22.2 Å². The van der Waals surface area contributed by atoms with Gasteiger partial charge >= 0.3 is 0 Å². The zero-order valence-corrected chi connectivity index (χ0v) is 14.7. The monoisotopic (exact) mass is 337 g/mol. The van der Waals surface area contributed by atoms with Crippen LogP contribution in [0, 0.1) is 0 Å². The molecule has 2 heterocycles. The Labute approximate surface area is 147 Å². The van der Waals surface area contributed by atoms with Gasteiger partial charge in [-0.2, -0.15) is 0 Å². The largest absolute Gasteiger partial charge is 0.383 e. The Kier molecular flexibility index (Phi) is 5.46. The molecular weight excluding hydrogens is 314 g/mol. The number of para-hydroxylation sites is 1. The van der Waals surface area contributed by atoms with E-state index in [1.165, 1.54) is 0 Å². The highest BCUT2D eigenvalue weighted by Gasteiger charge is 2.17. The van der Waals surface area contributed by atoms with Gasteiger partial charge in [0.05, 0.1) is 25.3 Å². The zero-order chi connectivity index (χ0) is 17.6. The lowest BCUT2D eigenvalue weighted by Crippen LogP contribution is -2.34. The smallest absolute Gasteiger partial charge is 0.227 e. The van der Waals surface area contributed by atoms with Gasteiger partial charge in [-0.25, -0.2) is 0 Å². The summed E-state index contributed by atoms with van der Waals surface area (Å²) in [4.78, 5) is 19.1. The predicted octanol–water partition coefficient (Wildman–Crippen LogP) is 2.79. The molecule has 0 aliphatic heterocycles. The van der Waals surface area contributed by atoms with Gasteiger partial charge in [0.25, 0.3) is 0 Å². The molecule has 0 bridgehead atoms. The van der Waals surface area contributed by atoms with Crippen molar-refractivity contribution in [1.82, 2.24) is 14.5 Å². The summed E-state index contributed by atoms with van der Waals surface area (Å²) in [5.74, 6) is 0.0825. The normalized spacial score (nSPS) is 11.0. The molecule has 1 aromatic carbocycles. The molecule has 0 aliphatic carbocycles. The van der Waals surface area contributed by atoms with Gasteiger partial charge in [0, 0.05) is 44.0 Å². The number of fused-ring (bicyclic) bond motifs is 1. The van der Waals surface area contributed by atoms with Gasteiger partial charge in [-0.05, 0) is 23.8 Å². The summed E-state index contributed by atoms with van der Waals surface area (Å²) in [6.07, 6.45) is 4.16. The zero-order valence-electron chi connectivity index (χ0n) is 14.7. The molecule has 1 amide bonds. The number of nitrogens with zero attached hydrogens (tertiary/aromatic N) is 3. The van der Waals surface area contributed by atoms with Crippen LogP contribution in [0.4, 0.5) is 0 Å². The molecule has 0 fully saturated rings. The quantitative estimate of drug-likeness (QED) is 0.666. The number of ether oxygens (including phenoxy) is 1. The van der Waals surface area contributed by atoms with Crippen LogP contribution in [0.5, 0.6) is 0 Å². The number of pyridine rings is 1. The maximum atomic E-state index is 12.9. The van der Waals surface area contributed by atoms with Crippen molar-refractivity contribution in [3.05, 3.63) is 66.1 Å². The molecule has 25 heavy (non-hydrogen) atoms. The van der Waals surface area contributed by atoms with Crippen molar-refractivity contribution >= 4 is 16.8 Å². The van der Waals surface area contributed by atoms with E-state index in [2.05, 4.69) is 21.7 Å². The van der Waals surface area contributed by atoms with Gasteiger partial charge in [0.2, 0.25) is 5.91 Å². The van der Waals surface area contributed by atoms with Crippen LogP contribution in [0.1, 0.15) is 11.3 Å². The lowest BCUT2D eigenvalue weighted by Gasteiger charge is -2.22. The summed E-state index contributed by atoms with van der Waals surface area (Å²) in [5.41, 5.74) is 3.06. The number of rotatable bonds is 7. The second kappa shape index (κ2) is 7.94. The number of carbonyl (C=O) groups excluding carboxylic acids is 1. The molecule has 0 unspecified atom stereocenters. The van der Waals surface area contributed by atoms with Crippen LogP contribution in [0.2, 0.25) is 0 Å². The molecule has 3 rings (SSSR count). The third-order valence-electron chi connectivity index (χ3n) is 4.32. The second-order valence-electron chi connectivity index (χ2n) is 6.09. The molecular formula is C20H23N3O2. The number of amides is 1. The summed E-state index contributed by atoms with van der Waals surface area (Å²) in [6, 6.07) is 13.9. The molecule has 0 atom stereocenters. The van der Waals surface area contributed by atoms with Crippen molar-refractivity contribution in [1.29, 1.82) is 0 Å². The molecule has 0 N–H and O–H groups in total. The van der Waals surface area contributed by atoms with Crippen LogP contribution < -0.4 is 0 Å². The van der Waals surface area contributed by atoms with E-state index in [9.17, 15) is 4.79 Å². The first kappa shape index (κ1) is 17.2. The number of hydrogen-bond acceptors (Lipinski definition) is 3. The van der Waals surface area contributed by atoms with Crippen molar-refractivity contribution < 1.29 is 9.53 Å². The third kappa shape index (κ3) is 4.06. The maximum absolute atomic E-state index is 12.9. The van der Waals surface area contributed by atoms with Crippen molar-refractivity contribution in [3.63, 3.8) is 0 Å². The molecule has 0 spiro atoms. The molecule has 0 saturated carbocycles. The van der Waals surface area contributed by atoms with Crippen LogP contribution in [0.15, 0.2) is 54.9 Å². The number of hydrogen-bond donors (Lipinski definition) is 0. The van der Waals surface area contributed by atoms with Crippen molar-refractivity contribution in [2.45, 2.75) is 13.0 Å². The molecule has 2 aromatic heterocycles. The highest BCUT2D eigenvalue weighted by Crippen LogP contribution is 2.21. The fraction of sp³-hybridized carbons (Fsp3) is 0.300. The first-order valence-corrected chi connectivity index (χ1v) is 8.38. The SMILES string of the molecule is COCCN(Cc1ccccn1)C(=O)Cc1cn(C)c2ccccc12. The first-order chi connectivity index (χ1) is 12.2. The number of aryl methyl sites for hydroxylation is 1. The highest BCUT2D eigenvalue weighted by atomic mass is 16.5. The number of aromatic nitrogens is 2. The fourth-order valence-corrected chi connectivity index (χ4v) is 3.02. The van der Waals surface area contributed by atoms with Gasteiger partial charge in [0.1, 0.15) is 0 Å². The van der Waals surface area contributed by atoms with E-state index in [0.29, 0.717) is 26.1 Å². The average Bonchev–Trinajstić information content (AvgIpc) is 2.95. The van der Waals surface area contributed by atoms with Gasteiger partial charge in [-0.3, -0.25) is 9.78 Å². The summed E-state index contributed by atoms with van der Waals surface area (Å²) in [5, 5.41) is 1.13. The topological polar surface area (TPSA) is 47.4 Å².